The molecule has 4 heteroatoms. The van der Waals surface area contributed by atoms with Crippen molar-refractivity contribution in [2.45, 2.75) is 25.3 Å². The minimum Gasteiger partial charge on any atom is -0.376 e. The number of anilines is 1. The van der Waals surface area contributed by atoms with Gasteiger partial charge in [0.25, 0.3) is 0 Å². The summed E-state index contributed by atoms with van der Waals surface area (Å²) < 4.78 is 2.22. The number of rotatable bonds is 3. The second-order valence-corrected chi connectivity index (χ2v) is 5.57. The summed E-state index contributed by atoms with van der Waals surface area (Å²) in [5, 5.41) is 3.61. The van der Waals surface area contributed by atoms with Gasteiger partial charge in [-0.1, -0.05) is 18.6 Å². The summed E-state index contributed by atoms with van der Waals surface area (Å²) >= 11 is 0. The third-order valence-electron chi connectivity index (χ3n) is 3.96. The summed E-state index contributed by atoms with van der Waals surface area (Å²) in [5.74, 6) is 0. The van der Waals surface area contributed by atoms with E-state index in [0.29, 0.717) is 6.04 Å². The van der Waals surface area contributed by atoms with Crippen LogP contribution in [0.15, 0.2) is 36.8 Å². The molecular formula is C16H22N4. The largest absolute Gasteiger partial charge is 0.376 e. The zero-order chi connectivity index (χ0) is 13.9. The van der Waals surface area contributed by atoms with Gasteiger partial charge in [-0.25, -0.2) is 4.98 Å². The normalized spacial score (nSPS) is 19.0. The highest BCUT2D eigenvalue weighted by Gasteiger charge is 2.20. The van der Waals surface area contributed by atoms with Gasteiger partial charge in [0, 0.05) is 20.1 Å². The highest BCUT2D eigenvalue weighted by Crippen LogP contribution is 2.28. The van der Waals surface area contributed by atoms with Gasteiger partial charge in [-0.15, -0.1) is 0 Å². The molecule has 4 nitrogen and oxygen atoms in total. The fourth-order valence-corrected chi connectivity index (χ4v) is 2.91. The number of imidazole rings is 1. The topological polar surface area (TPSA) is 33.1 Å². The first kappa shape index (κ1) is 13.2. The Labute approximate surface area is 120 Å². The smallest absolute Gasteiger partial charge is 0.0995 e. The quantitative estimate of drug-likeness (QED) is 0.931. The molecule has 20 heavy (non-hydrogen) atoms. The van der Waals surface area contributed by atoms with Crippen molar-refractivity contribution in [3.05, 3.63) is 42.5 Å². The molecule has 3 rings (SSSR count). The number of nitrogens with one attached hydrogen (secondary N) is 1. The molecule has 0 amide bonds. The number of aromatic nitrogens is 2. The third-order valence-corrected chi connectivity index (χ3v) is 3.96. The Morgan fingerprint density at radius 2 is 2.10 bits per heavy atom. The van der Waals surface area contributed by atoms with Crippen LogP contribution in [-0.4, -0.2) is 30.2 Å². The van der Waals surface area contributed by atoms with E-state index in [-0.39, 0.29) is 0 Å². The molecule has 0 bridgehead atoms. The molecule has 2 heterocycles. The van der Waals surface area contributed by atoms with Gasteiger partial charge in [0.15, 0.2) is 0 Å². The fourth-order valence-electron chi connectivity index (χ4n) is 2.91. The first-order valence-corrected chi connectivity index (χ1v) is 7.30. The van der Waals surface area contributed by atoms with Crippen LogP contribution < -0.4 is 10.2 Å². The lowest BCUT2D eigenvalue weighted by atomic mass is 10.0. The molecule has 1 N–H and O–H groups in total. The standard InChI is InChI=1S/C16H22N4/c1-19(2)14-8-3-4-9-15(14)20-12-17-11-16(20)13-7-5-6-10-18-13/h3-4,8-9,11-13,18H,5-7,10H2,1-2H3. The summed E-state index contributed by atoms with van der Waals surface area (Å²) in [6.07, 6.45) is 7.68. The van der Waals surface area contributed by atoms with Gasteiger partial charge in [-0.05, 0) is 31.5 Å². The predicted molar refractivity (Wildman–Crippen MR) is 82.5 cm³/mol. The van der Waals surface area contributed by atoms with Crippen molar-refractivity contribution in [3.63, 3.8) is 0 Å². The van der Waals surface area contributed by atoms with Crippen LogP contribution in [0.25, 0.3) is 5.69 Å². The molecule has 0 saturated carbocycles. The van der Waals surface area contributed by atoms with Crippen LogP contribution in [0.1, 0.15) is 31.0 Å². The molecule has 0 aliphatic carbocycles. The maximum Gasteiger partial charge on any atom is 0.0995 e. The van der Waals surface area contributed by atoms with Gasteiger partial charge in [0.1, 0.15) is 0 Å². The number of benzene rings is 1. The highest BCUT2D eigenvalue weighted by atomic mass is 15.1. The second-order valence-electron chi connectivity index (χ2n) is 5.57. The number of hydrogen-bond donors (Lipinski definition) is 1. The van der Waals surface area contributed by atoms with Gasteiger partial charge < -0.3 is 10.2 Å². The van der Waals surface area contributed by atoms with E-state index in [4.69, 9.17) is 0 Å². The first-order valence-electron chi connectivity index (χ1n) is 7.30. The molecule has 1 aromatic carbocycles. The molecule has 1 aliphatic rings. The molecule has 1 atom stereocenters. The van der Waals surface area contributed by atoms with Crippen molar-refractivity contribution in [1.82, 2.24) is 14.9 Å². The molecule has 106 valence electrons. The number of nitrogens with zero attached hydrogens (tertiary/aromatic N) is 3. The van der Waals surface area contributed by atoms with Gasteiger partial charge in [-0.2, -0.15) is 0 Å². The average molecular weight is 270 g/mol. The number of piperidine rings is 1. The Bertz CT molecular complexity index is 567. The van der Waals surface area contributed by atoms with Crippen LogP contribution in [0, 0.1) is 0 Å². The Morgan fingerprint density at radius 3 is 2.85 bits per heavy atom. The SMILES string of the molecule is CN(C)c1ccccc1-n1cncc1C1CCCCN1. The molecule has 1 saturated heterocycles. The van der Waals surface area contributed by atoms with Crippen molar-refractivity contribution < 1.29 is 0 Å². The van der Waals surface area contributed by atoms with Gasteiger partial charge >= 0.3 is 0 Å². The van der Waals surface area contributed by atoms with Crippen LogP contribution >= 0.6 is 0 Å². The Morgan fingerprint density at radius 1 is 1.25 bits per heavy atom. The van der Waals surface area contributed by atoms with Crippen molar-refractivity contribution >= 4 is 5.69 Å². The molecule has 2 aromatic rings. The summed E-state index contributed by atoms with van der Waals surface area (Å²) in [4.78, 5) is 6.52. The predicted octanol–water partition coefficient (Wildman–Crippen LogP) is 2.75. The maximum absolute atomic E-state index is 4.38. The first-order chi connectivity index (χ1) is 9.77. The zero-order valence-electron chi connectivity index (χ0n) is 12.2. The molecule has 1 aliphatic heterocycles. The fraction of sp³-hybridized carbons (Fsp3) is 0.438. The third kappa shape index (κ3) is 2.43. The Balaban J connectivity index is 2.01. The summed E-state index contributed by atoms with van der Waals surface area (Å²) in [7, 11) is 4.16. The lowest BCUT2D eigenvalue weighted by Gasteiger charge is -2.26. The number of para-hydroxylation sites is 2. The Hall–Kier alpha value is -1.81. The van der Waals surface area contributed by atoms with Crippen LogP contribution in [-0.2, 0) is 0 Å². The van der Waals surface area contributed by atoms with Crippen LogP contribution in [0.2, 0.25) is 0 Å². The van der Waals surface area contributed by atoms with Gasteiger partial charge in [0.2, 0.25) is 0 Å². The van der Waals surface area contributed by atoms with E-state index in [0.717, 1.165) is 6.54 Å². The van der Waals surface area contributed by atoms with Crippen molar-refractivity contribution in [3.8, 4) is 5.69 Å². The van der Waals surface area contributed by atoms with E-state index in [2.05, 4.69) is 58.1 Å². The second kappa shape index (κ2) is 5.67. The zero-order valence-corrected chi connectivity index (χ0v) is 12.2. The molecular weight excluding hydrogens is 248 g/mol. The summed E-state index contributed by atoms with van der Waals surface area (Å²) in [6, 6.07) is 8.88. The van der Waals surface area contributed by atoms with Crippen LogP contribution in [0.5, 0.6) is 0 Å². The van der Waals surface area contributed by atoms with Crippen molar-refractivity contribution in [1.29, 1.82) is 0 Å². The van der Waals surface area contributed by atoms with Crippen LogP contribution in [0.3, 0.4) is 0 Å². The van der Waals surface area contributed by atoms with E-state index in [1.807, 2.05) is 12.5 Å². The molecule has 1 fully saturated rings. The van der Waals surface area contributed by atoms with E-state index < -0.39 is 0 Å². The molecule has 1 aromatic heterocycles. The average Bonchev–Trinajstić information content (AvgIpc) is 2.97. The highest BCUT2D eigenvalue weighted by molar-refractivity contribution is 5.62. The Kier molecular flexibility index (Phi) is 3.74. The van der Waals surface area contributed by atoms with E-state index in [9.17, 15) is 0 Å². The van der Waals surface area contributed by atoms with Gasteiger partial charge in [0.05, 0.1) is 29.6 Å². The van der Waals surface area contributed by atoms with Crippen molar-refractivity contribution in [2.75, 3.05) is 25.5 Å². The maximum atomic E-state index is 4.38. The minimum atomic E-state index is 0.418. The number of hydrogen-bond acceptors (Lipinski definition) is 3. The lowest BCUT2D eigenvalue weighted by molar-refractivity contribution is 0.402. The van der Waals surface area contributed by atoms with E-state index >= 15 is 0 Å². The molecule has 0 spiro atoms. The summed E-state index contributed by atoms with van der Waals surface area (Å²) in [6.45, 7) is 1.10. The van der Waals surface area contributed by atoms with Crippen LogP contribution in [0.4, 0.5) is 5.69 Å². The molecule has 0 radical (unpaired) electrons. The van der Waals surface area contributed by atoms with E-state index in [1.165, 1.54) is 36.3 Å². The van der Waals surface area contributed by atoms with Gasteiger partial charge in [-0.3, -0.25) is 4.57 Å². The summed E-state index contributed by atoms with van der Waals surface area (Å²) in [5.41, 5.74) is 3.67. The minimum absolute atomic E-state index is 0.418. The lowest BCUT2D eigenvalue weighted by Crippen LogP contribution is -2.28. The van der Waals surface area contributed by atoms with Crippen molar-refractivity contribution in [2.24, 2.45) is 0 Å². The van der Waals surface area contributed by atoms with E-state index in [1.54, 1.807) is 0 Å². The monoisotopic (exact) mass is 270 g/mol. The molecule has 1 unspecified atom stereocenters.